The van der Waals surface area contributed by atoms with Crippen LogP contribution in [0.3, 0.4) is 0 Å². The highest BCUT2D eigenvalue weighted by atomic mass is 16.6. The normalized spacial score (nSPS) is 25.7. The van der Waals surface area contributed by atoms with Crippen LogP contribution < -0.4 is 15.0 Å². The highest BCUT2D eigenvalue weighted by molar-refractivity contribution is 5.68. The van der Waals surface area contributed by atoms with Crippen molar-refractivity contribution in [1.82, 2.24) is 15.2 Å². The first kappa shape index (κ1) is 24.1. The summed E-state index contributed by atoms with van der Waals surface area (Å²) in [4.78, 5) is 20.0. The first-order valence-electron chi connectivity index (χ1n) is 12.5. The third kappa shape index (κ3) is 6.73. The molecule has 4 fully saturated rings. The van der Waals surface area contributed by atoms with Gasteiger partial charge in [-0.1, -0.05) is 0 Å². The van der Waals surface area contributed by atoms with Crippen molar-refractivity contribution in [2.24, 2.45) is 11.8 Å². The Morgan fingerprint density at radius 1 is 1.12 bits per heavy atom. The molecule has 1 aliphatic carbocycles. The molecular formula is C25H40N4O4. The summed E-state index contributed by atoms with van der Waals surface area (Å²) in [5.74, 6) is 2.45. The van der Waals surface area contributed by atoms with E-state index in [4.69, 9.17) is 9.47 Å². The lowest BCUT2D eigenvalue weighted by Gasteiger charge is -2.31. The van der Waals surface area contributed by atoms with Gasteiger partial charge in [-0.3, -0.25) is 0 Å². The third-order valence-corrected chi connectivity index (χ3v) is 6.93. The quantitative estimate of drug-likeness (QED) is 0.717. The largest absolute Gasteiger partial charge is 0.474 e. The second-order valence-corrected chi connectivity index (χ2v) is 10.8. The van der Waals surface area contributed by atoms with Crippen LogP contribution in [0.25, 0.3) is 0 Å². The standard InChI is InChI=1S/C15H21N3O.C10H19NO3/c1-2-14(3-1)19-15-6-13(4-5-17-15)18-9-11-7-16-8-12(11)10-18;1-10(2,3)14-9(13)11-6-4-8(12)5-7-11/h4-6,11-12,14,16H,1-3,7-10H2;8,12H,4-7H2,1-3H3. The molecule has 2 unspecified atom stereocenters. The molecule has 0 radical (unpaired) electrons. The summed E-state index contributed by atoms with van der Waals surface area (Å²) >= 11 is 0. The van der Waals surface area contributed by atoms with E-state index in [0.29, 0.717) is 32.0 Å². The molecule has 184 valence electrons. The molecule has 3 aliphatic heterocycles. The fraction of sp³-hybridized carbons (Fsp3) is 0.760. The number of pyridine rings is 1. The summed E-state index contributed by atoms with van der Waals surface area (Å²) in [5.41, 5.74) is 0.839. The number of piperidine rings is 1. The van der Waals surface area contributed by atoms with Gasteiger partial charge in [0.25, 0.3) is 0 Å². The predicted octanol–water partition coefficient (Wildman–Crippen LogP) is 3.05. The minimum Gasteiger partial charge on any atom is -0.474 e. The summed E-state index contributed by atoms with van der Waals surface area (Å²) in [7, 11) is 0. The van der Waals surface area contributed by atoms with Crippen LogP contribution in [-0.2, 0) is 4.74 Å². The van der Waals surface area contributed by atoms with Crippen LogP contribution in [0, 0.1) is 11.8 Å². The summed E-state index contributed by atoms with van der Waals surface area (Å²) in [6.07, 6.45) is 6.74. The van der Waals surface area contributed by atoms with E-state index in [1.807, 2.05) is 27.0 Å². The van der Waals surface area contributed by atoms with E-state index in [2.05, 4.69) is 27.3 Å². The molecular weight excluding hydrogens is 420 g/mol. The molecule has 0 spiro atoms. The Morgan fingerprint density at radius 2 is 1.79 bits per heavy atom. The molecule has 33 heavy (non-hydrogen) atoms. The summed E-state index contributed by atoms with van der Waals surface area (Å²) in [6, 6.07) is 4.23. The van der Waals surface area contributed by atoms with E-state index in [-0.39, 0.29) is 12.2 Å². The number of nitrogens with one attached hydrogen (secondary N) is 1. The highest BCUT2D eigenvalue weighted by Gasteiger charge is 2.36. The van der Waals surface area contributed by atoms with E-state index >= 15 is 0 Å². The van der Waals surface area contributed by atoms with Crippen molar-refractivity contribution in [2.45, 2.75) is 70.7 Å². The molecule has 0 aromatic carbocycles. The summed E-state index contributed by atoms with van der Waals surface area (Å²) in [6.45, 7) is 11.4. The number of aromatic nitrogens is 1. The van der Waals surface area contributed by atoms with Gasteiger partial charge in [0.2, 0.25) is 5.88 Å². The summed E-state index contributed by atoms with van der Waals surface area (Å²) in [5, 5.41) is 12.7. The number of carbonyl (C=O) groups is 1. The number of rotatable bonds is 3. The zero-order chi connectivity index (χ0) is 23.4. The molecule has 1 aromatic heterocycles. The lowest BCUT2D eigenvalue weighted by molar-refractivity contribution is 0.0101. The highest BCUT2D eigenvalue weighted by Crippen LogP contribution is 2.32. The maximum absolute atomic E-state index is 11.5. The van der Waals surface area contributed by atoms with Crippen molar-refractivity contribution in [1.29, 1.82) is 0 Å². The van der Waals surface area contributed by atoms with Gasteiger partial charge in [-0.15, -0.1) is 0 Å². The fourth-order valence-electron chi connectivity index (χ4n) is 4.76. The Balaban J connectivity index is 0.000000166. The van der Waals surface area contributed by atoms with Crippen LogP contribution in [0.2, 0.25) is 0 Å². The van der Waals surface area contributed by atoms with Crippen molar-refractivity contribution < 1.29 is 19.4 Å². The third-order valence-electron chi connectivity index (χ3n) is 6.93. The van der Waals surface area contributed by atoms with Gasteiger partial charge in [0.15, 0.2) is 0 Å². The molecule has 3 saturated heterocycles. The number of likely N-dealkylation sites (tertiary alicyclic amines) is 1. The Bertz CT molecular complexity index is 775. The van der Waals surface area contributed by atoms with Crippen molar-refractivity contribution in [3.05, 3.63) is 18.3 Å². The van der Waals surface area contributed by atoms with Gasteiger partial charge in [0, 0.05) is 57.2 Å². The Labute approximate surface area is 197 Å². The monoisotopic (exact) mass is 460 g/mol. The maximum Gasteiger partial charge on any atom is 0.410 e. The molecule has 1 aromatic rings. The number of hydrogen-bond acceptors (Lipinski definition) is 7. The Kier molecular flexibility index (Phi) is 7.64. The number of ether oxygens (including phenoxy) is 2. The molecule has 4 aliphatic rings. The number of aliphatic hydroxyl groups is 1. The molecule has 5 rings (SSSR count). The maximum atomic E-state index is 11.5. The number of fused-ring (bicyclic) bond motifs is 1. The van der Waals surface area contributed by atoms with Crippen molar-refractivity contribution in [3.8, 4) is 5.88 Å². The molecule has 1 saturated carbocycles. The molecule has 1 amide bonds. The van der Waals surface area contributed by atoms with E-state index in [1.165, 1.54) is 51.1 Å². The molecule has 4 heterocycles. The first-order valence-corrected chi connectivity index (χ1v) is 12.5. The van der Waals surface area contributed by atoms with Gasteiger partial charge >= 0.3 is 6.09 Å². The van der Waals surface area contributed by atoms with E-state index in [0.717, 1.165) is 17.7 Å². The van der Waals surface area contributed by atoms with Crippen LogP contribution >= 0.6 is 0 Å². The average molecular weight is 461 g/mol. The molecule has 8 heteroatoms. The fourth-order valence-corrected chi connectivity index (χ4v) is 4.76. The Morgan fingerprint density at radius 3 is 2.36 bits per heavy atom. The van der Waals surface area contributed by atoms with Crippen LogP contribution in [0.4, 0.5) is 10.5 Å². The molecule has 8 nitrogen and oxygen atoms in total. The summed E-state index contributed by atoms with van der Waals surface area (Å²) < 4.78 is 11.1. The second kappa shape index (κ2) is 10.5. The van der Waals surface area contributed by atoms with Gasteiger partial charge < -0.3 is 29.7 Å². The van der Waals surface area contributed by atoms with Crippen LogP contribution in [0.5, 0.6) is 5.88 Å². The van der Waals surface area contributed by atoms with Gasteiger partial charge in [-0.05, 0) is 70.8 Å². The average Bonchev–Trinajstić information content (AvgIpc) is 3.33. The smallest absolute Gasteiger partial charge is 0.410 e. The van der Waals surface area contributed by atoms with Crippen LogP contribution in [0.1, 0.15) is 52.9 Å². The number of aliphatic hydroxyl groups excluding tert-OH is 1. The van der Waals surface area contributed by atoms with Crippen LogP contribution in [0.15, 0.2) is 18.3 Å². The molecule has 0 bridgehead atoms. The lowest BCUT2D eigenvalue weighted by atomic mass is 9.96. The van der Waals surface area contributed by atoms with Gasteiger partial charge in [-0.2, -0.15) is 0 Å². The lowest BCUT2D eigenvalue weighted by Crippen LogP contribution is -2.42. The number of amides is 1. The minimum atomic E-state index is -0.437. The zero-order valence-electron chi connectivity index (χ0n) is 20.3. The van der Waals surface area contributed by atoms with Gasteiger partial charge in [0.05, 0.1) is 6.10 Å². The molecule has 2 atom stereocenters. The van der Waals surface area contributed by atoms with E-state index in [1.54, 1.807) is 4.90 Å². The minimum absolute atomic E-state index is 0.256. The van der Waals surface area contributed by atoms with Gasteiger partial charge in [0.1, 0.15) is 11.7 Å². The molecule has 2 N–H and O–H groups in total. The van der Waals surface area contributed by atoms with Crippen molar-refractivity contribution >= 4 is 11.8 Å². The topological polar surface area (TPSA) is 87.2 Å². The van der Waals surface area contributed by atoms with Crippen LogP contribution in [-0.4, -0.2) is 78.2 Å². The number of nitrogens with zero attached hydrogens (tertiary/aromatic N) is 3. The second-order valence-electron chi connectivity index (χ2n) is 10.8. The number of anilines is 1. The van der Waals surface area contributed by atoms with Crippen molar-refractivity contribution in [3.63, 3.8) is 0 Å². The zero-order valence-corrected chi connectivity index (χ0v) is 20.3. The van der Waals surface area contributed by atoms with E-state index < -0.39 is 5.60 Å². The SMILES string of the molecule is CC(C)(C)OC(=O)N1CCC(O)CC1.c1cc(N2CC3CNCC3C2)cc(OC2CCC2)n1. The number of carbonyl (C=O) groups excluding carboxylic acids is 1. The first-order chi connectivity index (χ1) is 15.8. The number of hydrogen-bond donors (Lipinski definition) is 2. The van der Waals surface area contributed by atoms with Gasteiger partial charge in [-0.25, -0.2) is 9.78 Å². The predicted molar refractivity (Wildman–Crippen MR) is 128 cm³/mol. The van der Waals surface area contributed by atoms with E-state index in [9.17, 15) is 9.90 Å². The van der Waals surface area contributed by atoms with Crippen molar-refractivity contribution in [2.75, 3.05) is 44.2 Å². The Hall–Kier alpha value is -2.06.